The van der Waals surface area contributed by atoms with E-state index >= 15 is 0 Å². The fourth-order valence-corrected chi connectivity index (χ4v) is 3.27. The molecule has 3 rings (SSSR count). The zero-order chi connectivity index (χ0) is 20.0. The minimum Gasteiger partial charge on any atom is -0.494 e. The van der Waals surface area contributed by atoms with Gasteiger partial charge in [-0.15, -0.1) is 0 Å². The van der Waals surface area contributed by atoms with Crippen LogP contribution in [0.2, 0.25) is 0 Å². The number of hydrogen-bond acceptors (Lipinski definition) is 5. The van der Waals surface area contributed by atoms with E-state index < -0.39 is 11.6 Å². The molecule has 0 saturated carbocycles. The topological polar surface area (TPSA) is 80.2 Å². The lowest BCUT2D eigenvalue weighted by Gasteiger charge is -2.27. The molecule has 2 aromatic carbocycles. The molecule has 0 unspecified atom stereocenters. The summed E-state index contributed by atoms with van der Waals surface area (Å²) in [7, 11) is 1.62. The van der Waals surface area contributed by atoms with Crippen molar-refractivity contribution in [1.29, 1.82) is 0 Å². The summed E-state index contributed by atoms with van der Waals surface area (Å²) in [5.41, 5.74) is 0.807. The van der Waals surface area contributed by atoms with E-state index in [2.05, 4.69) is 5.32 Å². The molecule has 0 saturated heterocycles. The molecule has 2 atom stereocenters. The van der Waals surface area contributed by atoms with Crippen LogP contribution in [0.4, 0.5) is 0 Å². The van der Waals surface area contributed by atoms with E-state index in [0.717, 1.165) is 11.1 Å². The molecule has 1 heterocycles. The Hall–Kier alpha value is -2.86. The molecule has 1 amide bonds. The zero-order valence-corrected chi connectivity index (χ0v) is 16.2. The van der Waals surface area contributed by atoms with Crippen LogP contribution >= 0.6 is 0 Å². The Balaban J connectivity index is 1.85. The van der Waals surface area contributed by atoms with Gasteiger partial charge in [-0.1, -0.05) is 30.3 Å². The average Bonchev–Trinajstić information content (AvgIpc) is 3.06. The van der Waals surface area contributed by atoms with Crippen molar-refractivity contribution in [3.63, 3.8) is 0 Å². The van der Waals surface area contributed by atoms with Crippen molar-refractivity contribution in [3.05, 3.63) is 65.7 Å². The van der Waals surface area contributed by atoms with Gasteiger partial charge in [0.2, 0.25) is 5.90 Å². The molecule has 1 aliphatic heterocycles. The van der Waals surface area contributed by atoms with Crippen molar-refractivity contribution in [2.45, 2.75) is 31.4 Å². The second-order valence-corrected chi connectivity index (χ2v) is 6.79. The van der Waals surface area contributed by atoms with E-state index in [9.17, 15) is 4.79 Å². The quantitative estimate of drug-likeness (QED) is 0.687. The summed E-state index contributed by atoms with van der Waals surface area (Å²) >= 11 is 0. The Labute approximate surface area is 165 Å². The van der Waals surface area contributed by atoms with Crippen molar-refractivity contribution in [2.75, 3.05) is 20.3 Å². The van der Waals surface area contributed by atoms with E-state index in [4.69, 9.17) is 19.6 Å². The number of carbonyl (C=O) groups excluding carboxylic acids is 1. The van der Waals surface area contributed by atoms with Crippen LogP contribution in [0.25, 0.3) is 0 Å². The standard InChI is InChI=1S/C22H26N2O4/c1-16-22(21(26)23-2,15-17-7-4-3-5-8-17)24-20(28-16)18-9-11-19(12-10-18)27-14-6-13-25/h3-5,7-12,16,25H,6,13-15H2,1-2H3,(H,23,26)/t16-,22-/m1/s1. The van der Waals surface area contributed by atoms with Gasteiger partial charge in [0.25, 0.3) is 5.91 Å². The van der Waals surface area contributed by atoms with E-state index in [0.29, 0.717) is 31.1 Å². The maximum Gasteiger partial charge on any atom is 0.252 e. The molecule has 0 spiro atoms. The van der Waals surface area contributed by atoms with E-state index in [1.165, 1.54) is 0 Å². The number of benzene rings is 2. The lowest BCUT2D eigenvalue weighted by molar-refractivity contribution is -0.127. The summed E-state index contributed by atoms with van der Waals surface area (Å²) in [6.07, 6.45) is 0.646. The number of aliphatic imine (C=N–C) groups is 1. The number of aliphatic hydroxyl groups excluding tert-OH is 1. The van der Waals surface area contributed by atoms with Gasteiger partial charge in [-0.05, 0) is 36.8 Å². The molecule has 0 aromatic heterocycles. The van der Waals surface area contributed by atoms with Crippen LogP contribution in [-0.4, -0.2) is 48.8 Å². The first-order chi connectivity index (χ1) is 13.6. The highest BCUT2D eigenvalue weighted by molar-refractivity contribution is 6.00. The first-order valence-corrected chi connectivity index (χ1v) is 9.46. The normalized spacial score (nSPS) is 21.0. The molecular formula is C22H26N2O4. The van der Waals surface area contributed by atoms with Gasteiger partial charge in [0.15, 0.2) is 5.54 Å². The highest BCUT2D eigenvalue weighted by Crippen LogP contribution is 2.32. The Morgan fingerprint density at radius 3 is 2.57 bits per heavy atom. The monoisotopic (exact) mass is 382 g/mol. The molecule has 148 valence electrons. The molecule has 0 radical (unpaired) electrons. The van der Waals surface area contributed by atoms with Crippen LogP contribution in [0.15, 0.2) is 59.6 Å². The maximum absolute atomic E-state index is 12.8. The van der Waals surface area contributed by atoms with Crippen LogP contribution in [0.3, 0.4) is 0 Å². The Morgan fingerprint density at radius 2 is 1.93 bits per heavy atom. The Kier molecular flexibility index (Phi) is 6.31. The third-order valence-electron chi connectivity index (χ3n) is 4.87. The van der Waals surface area contributed by atoms with Gasteiger partial charge in [-0.25, -0.2) is 4.99 Å². The lowest BCUT2D eigenvalue weighted by atomic mass is 9.86. The molecule has 0 fully saturated rings. The van der Waals surface area contributed by atoms with Gasteiger partial charge >= 0.3 is 0 Å². The molecule has 0 bridgehead atoms. The van der Waals surface area contributed by atoms with E-state index in [1.54, 1.807) is 7.05 Å². The number of likely N-dealkylation sites (N-methyl/N-ethyl adjacent to an activating group) is 1. The van der Waals surface area contributed by atoms with Crippen LogP contribution in [0, 0.1) is 0 Å². The summed E-state index contributed by atoms with van der Waals surface area (Å²) in [6.45, 7) is 2.44. The van der Waals surface area contributed by atoms with Gasteiger partial charge in [0.05, 0.1) is 6.61 Å². The second-order valence-electron chi connectivity index (χ2n) is 6.79. The zero-order valence-electron chi connectivity index (χ0n) is 16.2. The first-order valence-electron chi connectivity index (χ1n) is 9.46. The number of ether oxygens (including phenoxy) is 2. The van der Waals surface area contributed by atoms with Gasteiger partial charge < -0.3 is 19.9 Å². The molecular weight excluding hydrogens is 356 g/mol. The number of hydrogen-bond donors (Lipinski definition) is 2. The van der Waals surface area contributed by atoms with Crippen LogP contribution in [0.5, 0.6) is 5.75 Å². The van der Waals surface area contributed by atoms with Crippen molar-refractivity contribution >= 4 is 11.8 Å². The number of nitrogens with one attached hydrogen (secondary N) is 1. The summed E-state index contributed by atoms with van der Waals surface area (Å²) < 4.78 is 11.6. The van der Waals surface area contributed by atoms with Crippen molar-refractivity contribution < 1.29 is 19.4 Å². The smallest absolute Gasteiger partial charge is 0.252 e. The highest BCUT2D eigenvalue weighted by atomic mass is 16.5. The molecule has 6 heteroatoms. The fraction of sp³-hybridized carbons (Fsp3) is 0.364. The molecule has 0 aliphatic carbocycles. The van der Waals surface area contributed by atoms with Gasteiger partial charge in [-0.3, -0.25) is 4.79 Å². The lowest BCUT2D eigenvalue weighted by Crippen LogP contribution is -2.51. The molecule has 2 N–H and O–H groups in total. The number of nitrogens with zero attached hydrogens (tertiary/aromatic N) is 1. The predicted molar refractivity (Wildman–Crippen MR) is 108 cm³/mol. The number of aliphatic hydroxyl groups is 1. The third-order valence-corrected chi connectivity index (χ3v) is 4.87. The van der Waals surface area contributed by atoms with Crippen molar-refractivity contribution in [3.8, 4) is 5.75 Å². The number of carbonyl (C=O) groups is 1. The summed E-state index contributed by atoms with van der Waals surface area (Å²) in [6, 6.07) is 17.2. The third kappa shape index (κ3) is 4.17. The average molecular weight is 382 g/mol. The molecule has 6 nitrogen and oxygen atoms in total. The second kappa shape index (κ2) is 8.89. The Morgan fingerprint density at radius 1 is 1.21 bits per heavy atom. The van der Waals surface area contributed by atoms with Crippen molar-refractivity contribution in [1.82, 2.24) is 5.32 Å². The number of amides is 1. The van der Waals surface area contributed by atoms with E-state index in [1.807, 2.05) is 61.5 Å². The summed E-state index contributed by atoms with van der Waals surface area (Å²) in [5, 5.41) is 11.6. The first kappa shape index (κ1) is 19.9. The SMILES string of the molecule is CNC(=O)[C@]1(Cc2ccccc2)N=C(c2ccc(OCCCO)cc2)O[C@@H]1C. The largest absolute Gasteiger partial charge is 0.494 e. The maximum atomic E-state index is 12.8. The minimum atomic E-state index is -1.01. The van der Waals surface area contributed by atoms with Crippen LogP contribution in [-0.2, 0) is 16.0 Å². The fourth-order valence-electron chi connectivity index (χ4n) is 3.27. The van der Waals surface area contributed by atoms with Gasteiger partial charge in [0, 0.05) is 32.1 Å². The highest BCUT2D eigenvalue weighted by Gasteiger charge is 2.49. The summed E-state index contributed by atoms with van der Waals surface area (Å²) in [5.74, 6) is 1.00. The molecule has 28 heavy (non-hydrogen) atoms. The predicted octanol–water partition coefficient (Wildman–Crippen LogP) is 2.34. The van der Waals surface area contributed by atoms with Crippen molar-refractivity contribution in [2.24, 2.45) is 4.99 Å². The van der Waals surface area contributed by atoms with Gasteiger partial charge in [-0.2, -0.15) is 0 Å². The van der Waals surface area contributed by atoms with Gasteiger partial charge in [0.1, 0.15) is 11.9 Å². The molecule has 1 aliphatic rings. The number of rotatable bonds is 8. The molecule has 2 aromatic rings. The van der Waals surface area contributed by atoms with E-state index in [-0.39, 0.29) is 12.5 Å². The Bertz CT molecular complexity index is 820. The van der Waals surface area contributed by atoms with Crippen LogP contribution < -0.4 is 10.1 Å². The minimum absolute atomic E-state index is 0.101. The summed E-state index contributed by atoms with van der Waals surface area (Å²) in [4.78, 5) is 17.5. The van der Waals surface area contributed by atoms with Crippen LogP contribution in [0.1, 0.15) is 24.5 Å².